The molecule has 0 saturated heterocycles. The van der Waals surface area contributed by atoms with E-state index in [1.54, 1.807) is 26.0 Å². The molecular formula is C28H39FN4O4. The van der Waals surface area contributed by atoms with Crippen molar-refractivity contribution in [2.45, 2.75) is 84.8 Å². The second-order valence-corrected chi connectivity index (χ2v) is 10.3. The van der Waals surface area contributed by atoms with Crippen molar-refractivity contribution in [1.82, 2.24) is 9.97 Å². The van der Waals surface area contributed by atoms with Crippen LogP contribution in [0, 0.1) is 24.1 Å². The third-order valence-electron chi connectivity index (χ3n) is 5.77. The number of terminal acetylenes is 1. The summed E-state index contributed by atoms with van der Waals surface area (Å²) < 4.78 is 23.2. The topological polar surface area (TPSA) is 130 Å². The zero-order chi connectivity index (χ0) is 28.4. The summed E-state index contributed by atoms with van der Waals surface area (Å²) in [5.74, 6) is 3.05. The smallest absolute Gasteiger partial charge is 0.405 e. The standard InChI is InChI=1S/C20H26FN3O2.C8H13NO2/c1-12(2)18-23-16(10-13(3)20(4,5)26-19(22)25)11-17(24-18)14-6-8-15(21)9-7-14;1-4-5-6-8(2,3)11-7(9)10/h6-9,11-13H,10H2,1-5H3,(H2,22,25);1H,5-6H2,2-3H3,(H2,9,10). The Labute approximate surface area is 219 Å². The van der Waals surface area contributed by atoms with Gasteiger partial charge < -0.3 is 20.9 Å². The summed E-state index contributed by atoms with van der Waals surface area (Å²) in [5.41, 5.74) is 11.2. The minimum Gasteiger partial charge on any atom is -0.444 e. The number of nitrogens with zero attached hydrogens (tertiary/aromatic N) is 2. The van der Waals surface area contributed by atoms with E-state index in [9.17, 15) is 14.0 Å². The number of carbonyl (C=O) groups excluding carboxylic acids is 2. The Hall–Kier alpha value is -3.67. The van der Waals surface area contributed by atoms with Crippen LogP contribution >= 0.6 is 0 Å². The zero-order valence-electron chi connectivity index (χ0n) is 22.8. The lowest BCUT2D eigenvalue weighted by atomic mass is 9.88. The molecule has 1 aromatic carbocycles. The van der Waals surface area contributed by atoms with Crippen molar-refractivity contribution in [3.8, 4) is 23.6 Å². The first-order valence-electron chi connectivity index (χ1n) is 12.1. The van der Waals surface area contributed by atoms with Gasteiger partial charge in [0, 0.05) is 29.5 Å². The van der Waals surface area contributed by atoms with Gasteiger partial charge in [0.2, 0.25) is 0 Å². The molecule has 0 radical (unpaired) electrons. The molecule has 37 heavy (non-hydrogen) atoms. The van der Waals surface area contributed by atoms with Gasteiger partial charge in [-0.25, -0.2) is 23.9 Å². The predicted octanol–water partition coefficient (Wildman–Crippen LogP) is 5.73. The molecule has 2 rings (SSSR count). The Morgan fingerprint density at radius 3 is 2.08 bits per heavy atom. The van der Waals surface area contributed by atoms with Gasteiger partial charge in [0.1, 0.15) is 22.8 Å². The minimum atomic E-state index is -0.792. The third kappa shape index (κ3) is 11.3. The lowest BCUT2D eigenvalue weighted by molar-refractivity contribution is 0.00444. The Morgan fingerprint density at radius 1 is 1.03 bits per heavy atom. The predicted molar refractivity (Wildman–Crippen MR) is 142 cm³/mol. The van der Waals surface area contributed by atoms with Crippen LogP contribution in [0.25, 0.3) is 11.3 Å². The minimum absolute atomic E-state index is 0.00835. The van der Waals surface area contributed by atoms with Crippen LogP contribution in [0.4, 0.5) is 14.0 Å². The Morgan fingerprint density at radius 2 is 1.59 bits per heavy atom. The van der Waals surface area contributed by atoms with E-state index in [0.29, 0.717) is 19.3 Å². The molecule has 2 aromatic rings. The van der Waals surface area contributed by atoms with E-state index in [0.717, 1.165) is 22.8 Å². The van der Waals surface area contributed by atoms with Crippen LogP contribution in [0.1, 0.15) is 78.7 Å². The molecule has 0 aliphatic rings. The molecule has 1 atom stereocenters. The number of hydrogen-bond donors (Lipinski definition) is 2. The second-order valence-electron chi connectivity index (χ2n) is 10.3. The Balaban J connectivity index is 0.000000525. The molecule has 0 bridgehead atoms. The van der Waals surface area contributed by atoms with E-state index in [1.807, 2.05) is 40.7 Å². The normalized spacial score (nSPS) is 12.1. The SMILES string of the molecule is C#CCCC(C)(C)OC(N)=O.CC(C)c1nc(CC(C)C(C)(C)OC(N)=O)cc(-c2ccc(F)cc2)n1. The number of amides is 2. The van der Waals surface area contributed by atoms with Crippen molar-refractivity contribution >= 4 is 12.2 Å². The van der Waals surface area contributed by atoms with E-state index in [-0.39, 0.29) is 17.7 Å². The summed E-state index contributed by atoms with van der Waals surface area (Å²) in [4.78, 5) is 30.7. The summed E-state index contributed by atoms with van der Waals surface area (Å²) in [6.07, 6.45) is 5.30. The van der Waals surface area contributed by atoms with E-state index in [4.69, 9.17) is 27.4 Å². The molecule has 1 unspecified atom stereocenters. The summed E-state index contributed by atoms with van der Waals surface area (Å²) in [6.45, 7) is 13.2. The summed E-state index contributed by atoms with van der Waals surface area (Å²) in [7, 11) is 0. The van der Waals surface area contributed by atoms with Crippen molar-refractivity contribution in [3.63, 3.8) is 0 Å². The highest BCUT2D eigenvalue weighted by molar-refractivity contribution is 5.65. The molecular weight excluding hydrogens is 475 g/mol. The average molecular weight is 515 g/mol. The van der Waals surface area contributed by atoms with Crippen molar-refractivity contribution in [2.24, 2.45) is 17.4 Å². The van der Waals surface area contributed by atoms with Gasteiger partial charge in [-0.3, -0.25) is 0 Å². The second kappa shape index (κ2) is 13.6. The fraction of sp³-hybridized carbons (Fsp3) is 0.500. The average Bonchev–Trinajstić information content (AvgIpc) is 2.76. The third-order valence-corrected chi connectivity index (χ3v) is 5.77. The monoisotopic (exact) mass is 514 g/mol. The number of aromatic nitrogens is 2. The van der Waals surface area contributed by atoms with Gasteiger partial charge in [0.05, 0.1) is 5.69 Å². The Kier molecular flexibility index (Phi) is 11.5. The van der Waals surface area contributed by atoms with Gasteiger partial charge in [0.25, 0.3) is 0 Å². The fourth-order valence-corrected chi connectivity index (χ4v) is 3.27. The number of halogens is 1. The Bertz CT molecular complexity index is 1090. The molecule has 9 heteroatoms. The summed E-state index contributed by atoms with van der Waals surface area (Å²) in [5, 5.41) is 0. The van der Waals surface area contributed by atoms with Gasteiger partial charge in [-0.1, -0.05) is 20.8 Å². The molecule has 1 heterocycles. The van der Waals surface area contributed by atoms with Crippen LogP contribution in [0.3, 0.4) is 0 Å². The molecule has 0 saturated carbocycles. The number of rotatable bonds is 9. The van der Waals surface area contributed by atoms with Crippen LogP contribution in [0.15, 0.2) is 30.3 Å². The zero-order valence-corrected chi connectivity index (χ0v) is 22.8. The number of carbonyl (C=O) groups is 2. The van der Waals surface area contributed by atoms with Crippen molar-refractivity contribution in [3.05, 3.63) is 47.7 Å². The van der Waals surface area contributed by atoms with E-state index >= 15 is 0 Å². The molecule has 8 nitrogen and oxygen atoms in total. The van der Waals surface area contributed by atoms with E-state index in [1.165, 1.54) is 12.1 Å². The molecule has 202 valence electrons. The summed E-state index contributed by atoms with van der Waals surface area (Å²) >= 11 is 0. The summed E-state index contributed by atoms with van der Waals surface area (Å²) in [6, 6.07) is 8.14. The first-order chi connectivity index (χ1) is 17.1. The molecule has 0 aliphatic heterocycles. The van der Waals surface area contributed by atoms with Crippen LogP contribution < -0.4 is 11.5 Å². The van der Waals surface area contributed by atoms with Gasteiger partial charge in [-0.2, -0.15) is 0 Å². The van der Waals surface area contributed by atoms with Crippen LogP contribution in [0.2, 0.25) is 0 Å². The van der Waals surface area contributed by atoms with Crippen molar-refractivity contribution in [2.75, 3.05) is 0 Å². The lowest BCUT2D eigenvalue weighted by Crippen LogP contribution is -2.38. The molecule has 4 N–H and O–H groups in total. The van der Waals surface area contributed by atoms with E-state index < -0.39 is 23.4 Å². The number of nitrogens with two attached hydrogens (primary N) is 2. The van der Waals surface area contributed by atoms with Gasteiger partial charge >= 0.3 is 12.2 Å². The van der Waals surface area contributed by atoms with Crippen LogP contribution in [-0.2, 0) is 15.9 Å². The molecule has 0 spiro atoms. The maximum absolute atomic E-state index is 13.2. The number of ether oxygens (including phenoxy) is 2. The molecule has 0 aliphatic carbocycles. The molecule has 0 fully saturated rings. The quantitative estimate of drug-likeness (QED) is 0.411. The maximum Gasteiger partial charge on any atom is 0.405 e. The number of benzene rings is 1. The maximum atomic E-state index is 13.2. The molecule has 1 aromatic heterocycles. The lowest BCUT2D eigenvalue weighted by Gasteiger charge is -2.30. The molecule has 2 amide bonds. The largest absolute Gasteiger partial charge is 0.444 e. The first kappa shape index (κ1) is 31.4. The first-order valence-corrected chi connectivity index (χ1v) is 12.1. The van der Waals surface area contributed by atoms with E-state index in [2.05, 4.69) is 15.9 Å². The van der Waals surface area contributed by atoms with Crippen molar-refractivity contribution < 1.29 is 23.5 Å². The van der Waals surface area contributed by atoms with Crippen LogP contribution in [-0.4, -0.2) is 33.4 Å². The van der Waals surface area contributed by atoms with Crippen LogP contribution in [0.5, 0.6) is 0 Å². The number of primary amides is 2. The highest BCUT2D eigenvalue weighted by Gasteiger charge is 2.30. The fourth-order valence-electron chi connectivity index (χ4n) is 3.27. The highest BCUT2D eigenvalue weighted by atomic mass is 19.1. The van der Waals surface area contributed by atoms with Gasteiger partial charge in [-0.15, -0.1) is 12.3 Å². The van der Waals surface area contributed by atoms with Gasteiger partial charge in [0.15, 0.2) is 0 Å². The van der Waals surface area contributed by atoms with Crippen molar-refractivity contribution in [1.29, 1.82) is 0 Å². The number of hydrogen-bond acceptors (Lipinski definition) is 6. The highest BCUT2D eigenvalue weighted by Crippen LogP contribution is 2.27. The van der Waals surface area contributed by atoms with Gasteiger partial charge in [-0.05, 0) is 70.9 Å².